The minimum absolute atomic E-state index is 0.130. The Hall–Kier alpha value is -3.55. The number of carbonyl (C=O) groups excluding carboxylic acids is 1. The number of ether oxygens (including phenoxy) is 1. The number of anilines is 2. The number of nitrogens with one attached hydrogen (secondary N) is 1. The highest BCUT2D eigenvalue weighted by molar-refractivity contribution is 6.11. The molecule has 1 atom stereocenters. The predicted molar refractivity (Wildman–Crippen MR) is 102 cm³/mol. The normalized spacial score (nSPS) is 15.9. The van der Waals surface area contributed by atoms with Gasteiger partial charge in [-0.2, -0.15) is 13.2 Å². The average molecular weight is 399 g/mol. The molecule has 2 aromatic carbocycles. The number of fused-ring (bicyclic) bond motifs is 1. The smallest absolute Gasteiger partial charge is 0.418 e. The molecule has 0 bridgehead atoms. The molecular weight excluding hydrogens is 383 g/mol. The summed E-state index contributed by atoms with van der Waals surface area (Å²) in [6, 6.07) is 15.1. The lowest BCUT2D eigenvalue weighted by molar-refractivity contribution is -0.137. The SMILES string of the molecule is COc1ccc(N2C(=O)c3cccnc3[C@@H]2Nc2ccccc2C(F)(F)F)cc1. The Bertz CT molecular complexity index is 1050. The molecule has 1 aromatic heterocycles. The number of amides is 1. The van der Waals surface area contributed by atoms with Gasteiger partial charge in [-0.05, 0) is 48.5 Å². The molecule has 0 saturated heterocycles. The fourth-order valence-electron chi connectivity index (χ4n) is 3.33. The molecule has 4 rings (SSSR count). The second-order valence-corrected chi connectivity index (χ2v) is 6.40. The zero-order chi connectivity index (χ0) is 20.6. The fraction of sp³-hybridized carbons (Fsp3) is 0.143. The fourth-order valence-corrected chi connectivity index (χ4v) is 3.33. The van der Waals surface area contributed by atoms with Crippen LogP contribution in [0.5, 0.6) is 5.75 Å². The molecule has 2 heterocycles. The van der Waals surface area contributed by atoms with Crippen LogP contribution in [-0.2, 0) is 6.18 Å². The third-order valence-electron chi connectivity index (χ3n) is 4.68. The summed E-state index contributed by atoms with van der Waals surface area (Å²) in [5.41, 5.74) is 0.271. The van der Waals surface area contributed by atoms with E-state index < -0.39 is 17.9 Å². The molecule has 1 aliphatic heterocycles. The van der Waals surface area contributed by atoms with Gasteiger partial charge in [-0.1, -0.05) is 12.1 Å². The van der Waals surface area contributed by atoms with Gasteiger partial charge in [0.25, 0.3) is 5.91 Å². The zero-order valence-electron chi connectivity index (χ0n) is 15.3. The number of hydrogen-bond acceptors (Lipinski definition) is 4. The Morgan fingerprint density at radius 3 is 2.45 bits per heavy atom. The quantitative estimate of drug-likeness (QED) is 0.679. The summed E-state index contributed by atoms with van der Waals surface area (Å²) in [5.74, 6) is 0.253. The van der Waals surface area contributed by atoms with Crippen LogP contribution >= 0.6 is 0 Å². The third-order valence-corrected chi connectivity index (χ3v) is 4.68. The summed E-state index contributed by atoms with van der Waals surface area (Å²) in [4.78, 5) is 18.7. The molecule has 8 heteroatoms. The number of rotatable bonds is 4. The summed E-state index contributed by atoms with van der Waals surface area (Å²) >= 11 is 0. The molecule has 148 valence electrons. The Kier molecular flexibility index (Phi) is 4.62. The van der Waals surface area contributed by atoms with E-state index in [4.69, 9.17) is 4.74 Å². The molecule has 1 aliphatic rings. The standard InChI is InChI=1S/C21H16F3N3O2/c1-29-14-10-8-13(9-11-14)27-19(18-15(20(27)28)5-4-12-25-18)26-17-7-3-2-6-16(17)21(22,23)24/h2-12,19,26H,1H3/t19-/m1/s1. The van der Waals surface area contributed by atoms with Crippen LogP contribution in [0.1, 0.15) is 27.8 Å². The largest absolute Gasteiger partial charge is 0.497 e. The van der Waals surface area contributed by atoms with Crippen molar-refractivity contribution in [1.82, 2.24) is 4.98 Å². The second kappa shape index (κ2) is 7.12. The van der Waals surface area contributed by atoms with Gasteiger partial charge >= 0.3 is 6.18 Å². The minimum Gasteiger partial charge on any atom is -0.497 e. The molecule has 0 unspecified atom stereocenters. The Balaban J connectivity index is 1.79. The van der Waals surface area contributed by atoms with Crippen molar-refractivity contribution in [1.29, 1.82) is 0 Å². The van der Waals surface area contributed by atoms with Crippen LogP contribution in [0.15, 0.2) is 66.9 Å². The van der Waals surface area contributed by atoms with Crippen LogP contribution in [0, 0.1) is 0 Å². The van der Waals surface area contributed by atoms with Crippen molar-refractivity contribution < 1.29 is 22.7 Å². The van der Waals surface area contributed by atoms with E-state index in [-0.39, 0.29) is 11.6 Å². The molecular formula is C21H16F3N3O2. The van der Waals surface area contributed by atoms with Crippen LogP contribution in [-0.4, -0.2) is 18.0 Å². The minimum atomic E-state index is -4.54. The van der Waals surface area contributed by atoms with Gasteiger partial charge < -0.3 is 10.1 Å². The van der Waals surface area contributed by atoms with E-state index in [1.165, 1.54) is 36.4 Å². The lowest BCUT2D eigenvalue weighted by Crippen LogP contribution is -2.33. The number of para-hydroxylation sites is 1. The molecule has 1 N–H and O–H groups in total. The van der Waals surface area contributed by atoms with Gasteiger partial charge in [-0.25, -0.2) is 0 Å². The van der Waals surface area contributed by atoms with E-state index in [2.05, 4.69) is 10.3 Å². The highest BCUT2D eigenvalue weighted by atomic mass is 19.4. The van der Waals surface area contributed by atoms with E-state index in [0.29, 0.717) is 22.7 Å². The van der Waals surface area contributed by atoms with Crippen molar-refractivity contribution in [3.63, 3.8) is 0 Å². The maximum Gasteiger partial charge on any atom is 0.418 e. The molecule has 0 fully saturated rings. The summed E-state index contributed by atoms with van der Waals surface area (Å²) in [6.07, 6.45) is -3.92. The lowest BCUT2D eigenvalue weighted by Gasteiger charge is -2.27. The number of methoxy groups -OCH3 is 1. The van der Waals surface area contributed by atoms with E-state index in [1.807, 2.05) is 0 Å². The number of benzene rings is 2. The van der Waals surface area contributed by atoms with Crippen LogP contribution in [0.3, 0.4) is 0 Å². The second-order valence-electron chi connectivity index (χ2n) is 6.40. The van der Waals surface area contributed by atoms with Gasteiger partial charge in [-0.3, -0.25) is 14.7 Å². The first-order valence-electron chi connectivity index (χ1n) is 8.75. The number of carbonyl (C=O) groups is 1. The maximum absolute atomic E-state index is 13.4. The molecule has 0 aliphatic carbocycles. The third kappa shape index (κ3) is 3.37. The first kappa shape index (κ1) is 18.8. The average Bonchev–Trinajstić information content (AvgIpc) is 3.00. The molecule has 1 amide bonds. The number of pyridine rings is 1. The van der Waals surface area contributed by atoms with E-state index in [1.54, 1.807) is 36.4 Å². The highest BCUT2D eigenvalue weighted by Crippen LogP contribution is 2.40. The van der Waals surface area contributed by atoms with Gasteiger partial charge in [0.05, 0.1) is 23.9 Å². The first-order chi connectivity index (χ1) is 13.9. The Morgan fingerprint density at radius 2 is 1.76 bits per heavy atom. The highest BCUT2D eigenvalue weighted by Gasteiger charge is 2.41. The summed E-state index contributed by atoms with van der Waals surface area (Å²) < 4.78 is 45.5. The monoisotopic (exact) mass is 399 g/mol. The van der Waals surface area contributed by atoms with Crippen molar-refractivity contribution in [2.45, 2.75) is 12.3 Å². The van der Waals surface area contributed by atoms with Crippen LogP contribution in [0.25, 0.3) is 0 Å². The van der Waals surface area contributed by atoms with Crippen LogP contribution in [0.2, 0.25) is 0 Å². The number of aromatic nitrogens is 1. The van der Waals surface area contributed by atoms with Crippen molar-refractivity contribution in [3.8, 4) is 5.75 Å². The topological polar surface area (TPSA) is 54.5 Å². The maximum atomic E-state index is 13.4. The summed E-state index contributed by atoms with van der Waals surface area (Å²) in [6.45, 7) is 0. The van der Waals surface area contributed by atoms with Gasteiger partial charge in [0, 0.05) is 17.6 Å². The number of nitrogens with zero attached hydrogens (tertiary/aromatic N) is 2. The Morgan fingerprint density at radius 1 is 1.03 bits per heavy atom. The van der Waals surface area contributed by atoms with Gasteiger partial charge in [0.1, 0.15) is 5.75 Å². The van der Waals surface area contributed by atoms with Crippen LogP contribution < -0.4 is 15.0 Å². The van der Waals surface area contributed by atoms with Crippen LogP contribution in [0.4, 0.5) is 24.5 Å². The summed E-state index contributed by atoms with van der Waals surface area (Å²) in [5, 5.41) is 2.87. The van der Waals surface area contributed by atoms with Gasteiger partial charge in [0.15, 0.2) is 6.17 Å². The Labute approximate surface area is 164 Å². The van der Waals surface area contributed by atoms with Crippen molar-refractivity contribution in [2.75, 3.05) is 17.3 Å². The molecule has 0 radical (unpaired) electrons. The van der Waals surface area contributed by atoms with Crippen molar-refractivity contribution >= 4 is 17.3 Å². The van der Waals surface area contributed by atoms with E-state index >= 15 is 0 Å². The number of halogens is 3. The van der Waals surface area contributed by atoms with E-state index in [0.717, 1.165) is 6.07 Å². The number of hydrogen-bond donors (Lipinski definition) is 1. The van der Waals surface area contributed by atoms with Gasteiger partial charge in [0.2, 0.25) is 0 Å². The molecule has 5 nitrogen and oxygen atoms in total. The zero-order valence-corrected chi connectivity index (χ0v) is 15.3. The molecule has 0 saturated carbocycles. The van der Waals surface area contributed by atoms with E-state index in [9.17, 15) is 18.0 Å². The molecule has 3 aromatic rings. The lowest BCUT2D eigenvalue weighted by atomic mass is 10.1. The van der Waals surface area contributed by atoms with Crippen molar-refractivity contribution in [2.24, 2.45) is 0 Å². The molecule has 0 spiro atoms. The van der Waals surface area contributed by atoms with Crippen molar-refractivity contribution in [3.05, 3.63) is 83.7 Å². The number of alkyl halides is 3. The van der Waals surface area contributed by atoms with Gasteiger partial charge in [-0.15, -0.1) is 0 Å². The summed E-state index contributed by atoms with van der Waals surface area (Å²) in [7, 11) is 1.52. The molecule has 29 heavy (non-hydrogen) atoms. The first-order valence-corrected chi connectivity index (χ1v) is 8.75. The predicted octanol–water partition coefficient (Wildman–Crippen LogP) is 4.88.